The first kappa shape index (κ1) is 16.3. The van der Waals surface area contributed by atoms with Crippen molar-refractivity contribution in [1.29, 1.82) is 0 Å². The van der Waals surface area contributed by atoms with Gasteiger partial charge in [-0.15, -0.1) is 0 Å². The third-order valence-electron chi connectivity index (χ3n) is 6.22. The molecule has 2 aromatic carbocycles. The van der Waals surface area contributed by atoms with E-state index in [2.05, 4.69) is 14.9 Å². The number of amides is 1. The maximum Gasteiger partial charge on any atom is 0.298 e. The number of fused-ring (bicyclic) bond motifs is 5. The average molecular weight is 388 g/mol. The van der Waals surface area contributed by atoms with Gasteiger partial charge in [-0.3, -0.25) is 14.9 Å². The summed E-state index contributed by atoms with van der Waals surface area (Å²) >= 11 is 0. The van der Waals surface area contributed by atoms with E-state index in [0.29, 0.717) is 23.7 Å². The van der Waals surface area contributed by atoms with Crippen LogP contribution < -0.4 is 5.32 Å². The van der Waals surface area contributed by atoms with Crippen molar-refractivity contribution in [3.63, 3.8) is 0 Å². The number of nitro groups is 1. The van der Waals surface area contributed by atoms with Crippen molar-refractivity contribution in [2.45, 2.75) is 24.8 Å². The highest BCUT2D eigenvalue weighted by Gasteiger charge is 2.44. The molecular weight excluding hydrogens is 372 g/mol. The lowest BCUT2D eigenvalue weighted by Crippen LogP contribution is -2.55. The Bertz CT molecular complexity index is 1350. The maximum absolute atomic E-state index is 12.4. The van der Waals surface area contributed by atoms with Gasteiger partial charge in [0, 0.05) is 23.6 Å². The van der Waals surface area contributed by atoms with Gasteiger partial charge in [0.1, 0.15) is 5.69 Å². The molecule has 4 aromatic rings. The Labute approximate surface area is 164 Å². The smallest absolute Gasteiger partial charge is 0.298 e. The van der Waals surface area contributed by atoms with E-state index in [1.165, 1.54) is 6.07 Å². The zero-order chi connectivity index (χ0) is 19.8. The summed E-state index contributed by atoms with van der Waals surface area (Å²) in [4.78, 5) is 27.7. The summed E-state index contributed by atoms with van der Waals surface area (Å²) in [5.41, 5.74) is 2.83. The standard InChI is InChI=1S/C21H16N4O4/c26-19-16-9-12-5-6-13(10-15(12)24(16)21(11-22-19)7-2-8-21)20-23-18-14(25(27)28)3-1-4-17(18)29-20/h1,3-6,9-10H,2,7-8,11H2,(H,22,26). The minimum atomic E-state index is -0.458. The van der Waals surface area contributed by atoms with Crippen LogP contribution >= 0.6 is 0 Å². The molecule has 8 heteroatoms. The SMILES string of the molecule is O=C1NCC2(CCC2)n2c1cc1ccc(-c3nc4c([N+](=O)[O-])cccc4o3)cc12. The minimum absolute atomic E-state index is 0.0576. The predicted octanol–water partition coefficient (Wildman–Crippen LogP) is 3.98. The summed E-state index contributed by atoms with van der Waals surface area (Å²) in [6.07, 6.45) is 3.20. The Balaban J connectivity index is 1.56. The second kappa shape index (κ2) is 5.44. The Hall–Kier alpha value is -3.68. The van der Waals surface area contributed by atoms with E-state index in [-0.39, 0.29) is 22.7 Å². The van der Waals surface area contributed by atoms with Crippen molar-refractivity contribution >= 4 is 33.6 Å². The number of carbonyl (C=O) groups excluding carboxylic acids is 1. The molecule has 6 rings (SSSR count). The molecule has 2 aromatic heterocycles. The van der Waals surface area contributed by atoms with Crippen LogP contribution in [0.5, 0.6) is 0 Å². The highest BCUT2D eigenvalue weighted by molar-refractivity contribution is 6.00. The average Bonchev–Trinajstić information content (AvgIpc) is 3.28. The molecule has 2 aliphatic rings. The second-order valence-corrected chi connectivity index (χ2v) is 7.80. The minimum Gasteiger partial charge on any atom is -0.436 e. The summed E-state index contributed by atoms with van der Waals surface area (Å²) in [5, 5.41) is 15.3. The molecule has 29 heavy (non-hydrogen) atoms. The molecule has 1 saturated carbocycles. The Morgan fingerprint density at radius 3 is 2.83 bits per heavy atom. The molecule has 144 valence electrons. The van der Waals surface area contributed by atoms with Crippen molar-refractivity contribution in [3.8, 4) is 11.5 Å². The number of benzene rings is 2. The molecule has 0 unspecified atom stereocenters. The first-order valence-electron chi connectivity index (χ1n) is 9.54. The van der Waals surface area contributed by atoms with Crippen LogP contribution in [0.3, 0.4) is 0 Å². The number of nitro benzene ring substituents is 1. The maximum atomic E-state index is 12.4. The van der Waals surface area contributed by atoms with Crippen LogP contribution in [0.15, 0.2) is 46.9 Å². The number of hydrogen-bond donors (Lipinski definition) is 1. The molecular formula is C21H16N4O4. The second-order valence-electron chi connectivity index (χ2n) is 7.80. The molecule has 1 aliphatic heterocycles. The molecule has 1 fully saturated rings. The molecule has 1 spiro atoms. The Morgan fingerprint density at radius 1 is 1.21 bits per heavy atom. The fourth-order valence-corrected chi connectivity index (χ4v) is 4.62. The summed E-state index contributed by atoms with van der Waals surface area (Å²) in [5.74, 6) is 0.271. The van der Waals surface area contributed by atoms with Crippen LogP contribution in [0.25, 0.3) is 33.5 Å². The van der Waals surface area contributed by atoms with Gasteiger partial charge in [-0.25, -0.2) is 4.98 Å². The third-order valence-corrected chi connectivity index (χ3v) is 6.22. The monoisotopic (exact) mass is 388 g/mol. The Kier molecular flexibility index (Phi) is 3.05. The predicted molar refractivity (Wildman–Crippen MR) is 106 cm³/mol. The van der Waals surface area contributed by atoms with Crippen molar-refractivity contribution in [3.05, 3.63) is 58.3 Å². The first-order valence-corrected chi connectivity index (χ1v) is 9.54. The van der Waals surface area contributed by atoms with Gasteiger partial charge in [0.15, 0.2) is 11.1 Å². The number of nitrogens with zero attached hydrogens (tertiary/aromatic N) is 3. The lowest BCUT2D eigenvalue weighted by molar-refractivity contribution is -0.383. The van der Waals surface area contributed by atoms with E-state index < -0.39 is 4.92 Å². The molecule has 8 nitrogen and oxygen atoms in total. The lowest BCUT2D eigenvalue weighted by atomic mass is 9.75. The van der Waals surface area contributed by atoms with Crippen LogP contribution in [-0.2, 0) is 5.54 Å². The number of hydrogen-bond acceptors (Lipinski definition) is 5. The number of non-ortho nitro benzene ring substituents is 1. The fourth-order valence-electron chi connectivity index (χ4n) is 4.62. The van der Waals surface area contributed by atoms with Crippen molar-refractivity contribution in [2.75, 3.05) is 6.54 Å². The normalized spacial score (nSPS) is 17.3. The van der Waals surface area contributed by atoms with Crippen LogP contribution in [0.1, 0.15) is 29.8 Å². The largest absolute Gasteiger partial charge is 0.436 e. The van der Waals surface area contributed by atoms with Crippen molar-refractivity contribution < 1.29 is 14.1 Å². The number of aromatic nitrogens is 2. The molecule has 1 amide bonds. The molecule has 1 aliphatic carbocycles. The molecule has 0 saturated heterocycles. The summed E-state index contributed by atoms with van der Waals surface area (Å²) in [7, 11) is 0. The van der Waals surface area contributed by atoms with E-state index >= 15 is 0 Å². The molecule has 0 atom stereocenters. The van der Waals surface area contributed by atoms with Gasteiger partial charge in [-0.1, -0.05) is 12.1 Å². The number of nitrogens with one attached hydrogen (secondary N) is 1. The zero-order valence-corrected chi connectivity index (χ0v) is 15.3. The van der Waals surface area contributed by atoms with Crippen LogP contribution in [-0.4, -0.2) is 26.9 Å². The van der Waals surface area contributed by atoms with Gasteiger partial charge < -0.3 is 14.3 Å². The fraction of sp³-hybridized carbons (Fsp3) is 0.238. The third kappa shape index (κ3) is 2.14. The topological polar surface area (TPSA) is 103 Å². The van der Waals surface area contributed by atoms with Crippen molar-refractivity contribution in [1.82, 2.24) is 14.9 Å². The van der Waals surface area contributed by atoms with E-state index in [4.69, 9.17) is 4.42 Å². The molecule has 0 bridgehead atoms. The number of carbonyl (C=O) groups is 1. The zero-order valence-electron chi connectivity index (χ0n) is 15.3. The van der Waals surface area contributed by atoms with Gasteiger partial charge >= 0.3 is 0 Å². The molecule has 1 N–H and O–H groups in total. The Morgan fingerprint density at radius 2 is 2.07 bits per heavy atom. The van der Waals surface area contributed by atoms with Crippen LogP contribution in [0, 0.1) is 10.1 Å². The van der Waals surface area contributed by atoms with Gasteiger partial charge in [-0.05, 0) is 43.5 Å². The van der Waals surface area contributed by atoms with Gasteiger partial charge in [0.25, 0.3) is 11.6 Å². The first-order chi connectivity index (χ1) is 14.1. The summed E-state index contributed by atoms with van der Waals surface area (Å²) < 4.78 is 7.99. The lowest BCUT2D eigenvalue weighted by Gasteiger charge is -2.47. The van der Waals surface area contributed by atoms with Gasteiger partial charge in [0.05, 0.1) is 16.0 Å². The molecule has 3 heterocycles. The summed E-state index contributed by atoms with van der Waals surface area (Å²) in [6.45, 7) is 0.641. The number of oxazole rings is 1. The van der Waals surface area contributed by atoms with Gasteiger partial charge in [-0.2, -0.15) is 0 Å². The van der Waals surface area contributed by atoms with Crippen molar-refractivity contribution in [2.24, 2.45) is 0 Å². The van der Waals surface area contributed by atoms with Gasteiger partial charge in [0.2, 0.25) is 5.89 Å². The highest BCUT2D eigenvalue weighted by atomic mass is 16.6. The quantitative estimate of drug-likeness (QED) is 0.413. The van der Waals surface area contributed by atoms with E-state index in [1.807, 2.05) is 24.3 Å². The highest BCUT2D eigenvalue weighted by Crippen LogP contribution is 2.44. The molecule has 0 radical (unpaired) electrons. The number of para-hydroxylation sites is 1. The van der Waals surface area contributed by atoms with E-state index in [9.17, 15) is 14.9 Å². The van der Waals surface area contributed by atoms with E-state index in [0.717, 1.165) is 35.7 Å². The number of rotatable bonds is 2. The van der Waals surface area contributed by atoms with E-state index in [1.54, 1.807) is 12.1 Å². The van der Waals surface area contributed by atoms with Crippen LogP contribution in [0.2, 0.25) is 0 Å². The van der Waals surface area contributed by atoms with Crippen LogP contribution in [0.4, 0.5) is 5.69 Å². The summed E-state index contributed by atoms with van der Waals surface area (Å²) in [6, 6.07) is 12.4.